The number of rotatable bonds is 3. The standard InChI is InChI=1S/C20H30N2O3S/c1-15-7-11-22(12-8-15)26(24,25)19-14-18(13-16(2)17(19)3)20(23)21-9-5-4-6-10-21/h13-15H,4-12H2,1-3H3. The predicted molar refractivity (Wildman–Crippen MR) is 103 cm³/mol. The zero-order valence-corrected chi connectivity index (χ0v) is 16.9. The Morgan fingerprint density at radius 3 is 2.23 bits per heavy atom. The first-order valence-corrected chi connectivity index (χ1v) is 11.2. The molecule has 0 radical (unpaired) electrons. The van der Waals surface area contributed by atoms with Gasteiger partial charge in [0, 0.05) is 31.7 Å². The Hall–Kier alpha value is -1.40. The van der Waals surface area contributed by atoms with Crippen LogP contribution in [0.2, 0.25) is 0 Å². The monoisotopic (exact) mass is 378 g/mol. The summed E-state index contributed by atoms with van der Waals surface area (Å²) >= 11 is 0. The summed E-state index contributed by atoms with van der Waals surface area (Å²) in [6.45, 7) is 8.54. The Kier molecular flexibility index (Phi) is 5.72. The molecule has 3 rings (SSSR count). The van der Waals surface area contributed by atoms with Crippen LogP contribution < -0.4 is 0 Å². The van der Waals surface area contributed by atoms with E-state index in [2.05, 4.69) is 6.92 Å². The van der Waals surface area contributed by atoms with Gasteiger partial charge in [0.1, 0.15) is 0 Å². The highest BCUT2D eigenvalue weighted by molar-refractivity contribution is 7.89. The quantitative estimate of drug-likeness (QED) is 0.810. The first-order chi connectivity index (χ1) is 12.3. The lowest BCUT2D eigenvalue weighted by atomic mass is 10.0. The van der Waals surface area contributed by atoms with Crippen molar-refractivity contribution in [2.45, 2.75) is 57.8 Å². The number of piperidine rings is 2. The average molecular weight is 379 g/mol. The third-order valence-electron chi connectivity index (χ3n) is 5.87. The maximum atomic E-state index is 13.2. The molecule has 0 aliphatic carbocycles. The molecule has 2 heterocycles. The molecule has 2 saturated heterocycles. The summed E-state index contributed by atoms with van der Waals surface area (Å²) < 4.78 is 28.0. The summed E-state index contributed by atoms with van der Waals surface area (Å²) in [5.41, 5.74) is 2.11. The van der Waals surface area contributed by atoms with Crippen LogP contribution in [0.4, 0.5) is 0 Å². The summed E-state index contributed by atoms with van der Waals surface area (Å²) in [4.78, 5) is 15.0. The van der Waals surface area contributed by atoms with E-state index < -0.39 is 10.0 Å². The second kappa shape index (κ2) is 7.69. The molecule has 0 atom stereocenters. The van der Waals surface area contributed by atoms with Crippen molar-refractivity contribution in [3.05, 3.63) is 28.8 Å². The molecule has 0 aromatic heterocycles. The van der Waals surface area contributed by atoms with Crippen molar-refractivity contribution in [1.29, 1.82) is 0 Å². The van der Waals surface area contributed by atoms with Crippen molar-refractivity contribution in [3.8, 4) is 0 Å². The van der Waals surface area contributed by atoms with Crippen LogP contribution in [0, 0.1) is 19.8 Å². The molecular weight excluding hydrogens is 348 g/mol. The summed E-state index contributed by atoms with van der Waals surface area (Å²) in [5.74, 6) is 0.521. The van der Waals surface area contributed by atoms with Gasteiger partial charge in [0.15, 0.2) is 0 Å². The van der Waals surface area contributed by atoms with E-state index in [1.165, 1.54) is 0 Å². The normalized spacial score (nSPS) is 20.3. The topological polar surface area (TPSA) is 57.7 Å². The highest BCUT2D eigenvalue weighted by atomic mass is 32.2. The summed E-state index contributed by atoms with van der Waals surface area (Å²) in [5, 5.41) is 0. The third kappa shape index (κ3) is 3.81. The summed E-state index contributed by atoms with van der Waals surface area (Å²) in [6.07, 6.45) is 4.98. The van der Waals surface area contributed by atoms with Crippen LogP contribution in [-0.2, 0) is 10.0 Å². The van der Waals surface area contributed by atoms with E-state index in [-0.39, 0.29) is 5.91 Å². The van der Waals surface area contributed by atoms with Crippen LogP contribution in [0.25, 0.3) is 0 Å². The fourth-order valence-corrected chi connectivity index (χ4v) is 5.66. The summed E-state index contributed by atoms with van der Waals surface area (Å²) in [7, 11) is -3.56. The highest BCUT2D eigenvalue weighted by Gasteiger charge is 2.31. The lowest BCUT2D eigenvalue weighted by Crippen LogP contribution is -2.38. The number of likely N-dealkylation sites (tertiary alicyclic amines) is 1. The minimum atomic E-state index is -3.56. The maximum absolute atomic E-state index is 13.2. The number of carbonyl (C=O) groups excluding carboxylic acids is 1. The van der Waals surface area contributed by atoms with Crippen molar-refractivity contribution in [1.82, 2.24) is 9.21 Å². The van der Waals surface area contributed by atoms with E-state index in [1.807, 2.05) is 24.8 Å². The number of hydrogen-bond donors (Lipinski definition) is 0. The fraction of sp³-hybridized carbons (Fsp3) is 0.650. The molecule has 0 bridgehead atoms. The van der Waals surface area contributed by atoms with Crippen LogP contribution in [0.1, 0.15) is 60.5 Å². The number of nitrogens with zero attached hydrogens (tertiary/aromatic N) is 2. The van der Waals surface area contributed by atoms with Crippen LogP contribution in [-0.4, -0.2) is 49.7 Å². The average Bonchev–Trinajstić information content (AvgIpc) is 2.64. The van der Waals surface area contributed by atoms with E-state index in [9.17, 15) is 13.2 Å². The largest absolute Gasteiger partial charge is 0.339 e. The summed E-state index contributed by atoms with van der Waals surface area (Å²) in [6, 6.07) is 3.44. The minimum absolute atomic E-state index is 0.0449. The second-order valence-corrected chi connectivity index (χ2v) is 9.76. The lowest BCUT2D eigenvalue weighted by Gasteiger charge is -2.30. The third-order valence-corrected chi connectivity index (χ3v) is 7.90. The van der Waals surface area contributed by atoms with Gasteiger partial charge in [-0.2, -0.15) is 4.31 Å². The van der Waals surface area contributed by atoms with Gasteiger partial charge in [-0.15, -0.1) is 0 Å². The van der Waals surface area contributed by atoms with Gasteiger partial charge in [-0.3, -0.25) is 4.79 Å². The van der Waals surface area contributed by atoms with E-state index in [0.717, 1.165) is 56.3 Å². The molecule has 144 valence electrons. The molecule has 2 aliphatic heterocycles. The Morgan fingerprint density at radius 2 is 1.62 bits per heavy atom. The zero-order chi connectivity index (χ0) is 18.9. The van der Waals surface area contributed by atoms with Crippen molar-refractivity contribution in [3.63, 3.8) is 0 Å². The molecular formula is C20H30N2O3S. The molecule has 0 saturated carbocycles. The highest BCUT2D eigenvalue weighted by Crippen LogP contribution is 2.28. The Bertz CT molecular complexity index is 774. The smallest absolute Gasteiger partial charge is 0.253 e. The van der Waals surface area contributed by atoms with Crippen molar-refractivity contribution in [2.24, 2.45) is 5.92 Å². The number of amides is 1. The van der Waals surface area contributed by atoms with Crippen LogP contribution in [0.5, 0.6) is 0 Å². The molecule has 1 amide bonds. The van der Waals surface area contributed by atoms with E-state index in [1.54, 1.807) is 10.4 Å². The second-order valence-electron chi connectivity index (χ2n) is 7.86. The van der Waals surface area contributed by atoms with E-state index in [0.29, 0.717) is 29.5 Å². The molecule has 1 aromatic rings. The zero-order valence-electron chi connectivity index (χ0n) is 16.1. The number of carbonyl (C=O) groups is 1. The molecule has 1 aromatic carbocycles. The molecule has 0 unspecified atom stereocenters. The van der Waals surface area contributed by atoms with Gasteiger partial charge in [0.05, 0.1) is 4.90 Å². The molecule has 26 heavy (non-hydrogen) atoms. The van der Waals surface area contributed by atoms with Gasteiger partial charge in [0.25, 0.3) is 5.91 Å². The van der Waals surface area contributed by atoms with Crippen LogP contribution in [0.15, 0.2) is 17.0 Å². The lowest BCUT2D eigenvalue weighted by molar-refractivity contribution is 0.0724. The first-order valence-electron chi connectivity index (χ1n) is 9.71. The fourth-order valence-electron chi connectivity index (χ4n) is 3.86. The van der Waals surface area contributed by atoms with E-state index >= 15 is 0 Å². The Morgan fingerprint density at radius 1 is 1.00 bits per heavy atom. The minimum Gasteiger partial charge on any atom is -0.339 e. The van der Waals surface area contributed by atoms with Gasteiger partial charge in [-0.25, -0.2) is 8.42 Å². The van der Waals surface area contributed by atoms with Gasteiger partial charge in [0.2, 0.25) is 10.0 Å². The van der Waals surface area contributed by atoms with Gasteiger partial charge in [-0.05, 0) is 75.1 Å². The first kappa shape index (κ1) is 19.4. The van der Waals surface area contributed by atoms with Crippen LogP contribution >= 0.6 is 0 Å². The van der Waals surface area contributed by atoms with Gasteiger partial charge >= 0.3 is 0 Å². The molecule has 0 spiro atoms. The number of benzene rings is 1. The molecule has 2 aliphatic rings. The molecule has 5 nitrogen and oxygen atoms in total. The Labute approximate surface area is 157 Å². The number of hydrogen-bond acceptors (Lipinski definition) is 3. The van der Waals surface area contributed by atoms with Crippen LogP contribution in [0.3, 0.4) is 0 Å². The Balaban J connectivity index is 1.94. The number of aryl methyl sites for hydroxylation is 1. The van der Waals surface area contributed by atoms with Crippen molar-refractivity contribution < 1.29 is 13.2 Å². The molecule has 2 fully saturated rings. The van der Waals surface area contributed by atoms with Gasteiger partial charge in [-0.1, -0.05) is 6.92 Å². The molecule has 6 heteroatoms. The predicted octanol–water partition coefficient (Wildman–Crippen LogP) is 3.35. The van der Waals surface area contributed by atoms with Gasteiger partial charge < -0.3 is 4.90 Å². The SMILES string of the molecule is Cc1cc(C(=O)N2CCCCC2)cc(S(=O)(=O)N2CCC(C)CC2)c1C. The van der Waals surface area contributed by atoms with Crippen molar-refractivity contribution in [2.75, 3.05) is 26.2 Å². The molecule has 0 N–H and O–H groups in total. The number of sulfonamides is 1. The maximum Gasteiger partial charge on any atom is 0.253 e. The van der Waals surface area contributed by atoms with E-state index in [4.69, 9.17) is 0 Å². The van der Waals surface area contributed by atoms with Crippen molar-refractivity contribution >= 4 is 15.9 Å².